The van der Waals surface area contributed by atoms with E-state index in [2.05, 4.69) is 50.6 Å². The van der Waals surface area contributed by atoms with Crippen molar-refractivity contribution in [1.29, 1.82) is 0 Å². The number of ether oxygens (including phenoxy) is 2. The quantitative estimate of drug-likeness (QED) is 0.324. The summed E-state index contributed by atoms with van der Waals surface area (Å²) in [6, 6.07) is 12.6. The average molecular weight is 521 g/mol. The van der Waals surface area contributed by atoms with Crippen LogP contribution >= 0.6 is 24.0 Å². The van der Waals surface area contributed by atoms with Gasteiger partial charge in [-0.2, -0.15) is 5.10 Å². The van der Waals surface area contributed by atoms with Crippen molar-refractivity contribution < 1.29 is 9.47 Å². The van der Waals surface area contributed by atoms with Crippen molar-refractivity contribution in [2.24, 2.45) is 12.0 Å². The van der Waals surface area contributed by atoms with E-state index in [1.54, 1.807) is 11.8 Å². The lowest BCUT2D eigenvalue weighted by atomic mass is 10.1. The summed E-state index contributed by atoms with van der Waals surface area (Å²) in [5, 5.41) is 10.1. The van der Waals surface area contributed by atoms with E-state index >= 15 is 0 Å². The number of guanidine groups is 1. The van der Waals surface area contributed by atoms with Gasteiger partial charge in [0.2, 0.25) is 0 Å². The first-order chi connectivity index (χ1) is 14.2. The molecular weight excluding hydrogens is 493 g/mol. The fourth-order valence-corrected chi connectivity index (χ4v) is 3.67. The maximum absolute atomic E-state index is 5.94. The number of halogens is 1. The number of nitrogens with one attached hydrogen (secondary N) is 1. The van der Waals surface area contributed by atoms with Crippen molar-refractivity contribution >= 4 is 40.7 Å². The topological polar surface area (TPSA) is 63.9 Å². The highest BCUT2D eigenvalue weighted by molar-refractivity contribution is 14.0. The molecule has 2 heterocycles. The molecule has 0 radical (unpaired) electrons. The summed E-state index contributed by atoms with van der Waals surface area (Å²) in [7, 11) is 5.43. The highest BCUT2D eigenvalue weighted by Gasteiger charge is 2.25. The maximum Gasteiger partial charge on any atom is 0.194 e. The standard InChI is InChI=1S/C22H27N5O2.HI/c1-23-22(27-8-9-29-21(15-27)19-13-25-26(2)14-19)24-12-16-4-5-18-11-20(28-3)7-6-17(18)10-16;/h4-7,10-11,13-14,21H,8-9,12,15H2,1-3H3,(H,23,24);1H. The van der Waals surface area contributed by atoms with E-state index in [1.807, 2.05) is 32.6 Å². The number of hydrogen-bond acceptors (Lipinski definition) is 4. The van der Waals surface area contributed by atoms with Crippen LogP contribution in [0.15, 0.2) is 53.8 Å². The molecule has 0 saturated carbocycles. The molecule has 8 heteroatoms. The number of hydrogen-bond donors (Lipinski definition) is 1. The zero-order valence-corrected chi connectivity index (χ0v) is 19.9. The van der Waals surface area contributed by atoms with Gasteiger partial charge in [0, 0.05) is 38.9 Å². The SMILES string of the molecule is CN=C(NCc1ccc2cc(OC)ccc2c1)N1CCOC(c2cnn(C)c2)C1.I. The van der Waals surface area contributed by atoms with Gasteiger partial charge >= 0.3 is 0 Å². The molecule has 1 aliphatic rings. The number of rotatable bonds is 4. The number of methoxy groups -OCH3 is 1. The molecule has 1 aliphatic heterocycles. The lowest BCUT2D eigenvalue weighted by Gasteiger charge is -2.34. The fourth-order valence-electron chi connectivity index (χ4n) is 3.67. The Labute approximate surface area is 194 Å². The third-order valence-electron chi connectivity index (χ3n) is 5.24. The molecule has 0 spiro atoms. The van der Waals surface area contributed by atoms with Gasteiger partial charge in [-0.25, -0.2) is 0 Å². The molecule has 2 aromatic carbocycles. The van der Waals surface area contributed by atoms with Gasteiger partial charge in [0.1, 0.15) is 11.9 Å². The molecule has 7 nitrogen and oxygen atoms in total. The molecule has 0 bridgehead atoms. The molecule has 1 unspecified atom stereocenters. The molecule has 30 heavy (non-hydrogen) atoms. The van der Waals surface area contributed by atoms with Crippen LogP contribution in [0.5, 0.6) is 5.75 Å². The van der Waals surface area contributed by atoms with Crippen LogP contribution in [-0.2, 0) is 18.3 Å². The van der Waals surface area contributed by atoms with Crippen LogP contribution in [0.3, 0.4) is 0 Å². The monoisotopic (exact) mass is 521 g/mol. The maximum atomic E-state index is 5.94. The number of aryl methyl sites for hydroxylation is 1. The van der Waals surface area contributed by atoms with Crippen molar-refractivity contribution in [1.82, 2.24) is 20.0 Å². The lowest BCUT2D eigenvalue weighted by Crippen LogP contribution is -2.47. The Hall–Kier alpha value is -2.33. The second-order valence-electron chi connectivity index (χ2n) is 7.20. The second-order valence-corrected chi connectivity index (χ2v) is 7.20. The number of nitrogens with zero attached hydrogens (tertiary/aromatic N) is 4. The predicted octanol–water partition coefficient (Wildman–Crippen LogP) is 3.35. The normalized spacial score (nSPS) is 17.0. The van der Waals surface area contributed by atoms with Crippen LogP contribution in [0.1, 0.15) is 17.2 Å². The summed E-state index contributed by atoms with van der Waals surface area (Å²) in [6.07, 6.45) is 3.88. The molecule has 1 atom stereocenters. The van der Waals surface area contributed by atoms with Crippen molar-refractivity contribution in [3.8, 4) is 5.75 Å². The summed E-state index contributed by atoms with van der Waals surface area (Å²) >= 11 is 0. The second kappa shape index (κ2) is 10.1. The van der Waals surface area contributed by atoms with E-state index < -0.39 is 0 Å². The van der Waals surface area contributed by atoms with Crippen LogP contribution in [0, 0.1) is 0 Å². The summed E-state index contributed by atoms with van der Waals surface area (Å²) in [6.45, 7) is 2.94. The van der Waals surface area contributed by atoms with E-state index in [-0.39, 0.29) is 30.1 Å². The van der Waals surface area contributed by atoms with E-state index in [9.17, 15) is 0 Å². The first-order valence-corrected chi connectivity index (χ1v) is 9.78. The van der Waals surface area contributed by atoms with Gasteiger partial charge in [0.15, 0.2) is 5.96 Å². The Morgan fingerprint density at radius 1 is 1.27 bits per heavy atom. The first-order valence-electron chi connectivity index (χ1n) is 9.78. The Bertz CT molecular complexity index is 1020. The molecule has 1 N–H and O–H groups in total. The van der Waals surface area contributed by atoms with Crippen molar-refractivity contribution in [2.45, 2.75) is 12.6 Å². The van der Waals surface area contributed by atoms with Gasteiger partial charge < -0.3 is 19.7 Å². The summed E-state index contributed by atoms with van der Waals surface area (Å²) in [4.78, 5) is 6.73. The first kappa shape index (κ1) is 22.4. The van der Waals surface area contributed by atoms with Gasteiger partial charge in [0.25, 0.3) is 0 Å². The minimum atomic E-state index is 0. The third-order valence-corrected chi connectivity index (χ3v) is 5.24. The van der Waals surface area contributed by atoms with Crippen LogP contribution in [0.4, 0.5) is 0 Å². The number of aliphatic imine (C=N–C) groups is 1. The Balaban J connectivity index is 0.00000256. The van der Waals surface area contributed by atoms with E-state index in [0.717, 1.165) is 30.4 Å². The van der Waals surface area contributed by atoms with E-state index in [1.165, 1.54) is 16.3 Å². The lowest BCUT2D eigenvalue weighted by molar-refractivity contribution is -0.00805. The van der Waals surface area contributed by atoms with Gasteiger partial charge in [-0.3, -0.25) is 9.67 Å². The summed E-state index contributed by atoms with van der Waals surface area (Å²) < 4.78 is 13.1. The zero-order valence-electron chi connectivity index (χ0n) is 17.5. The predicted molar refractivity (Wildman–Crippen MR) is 130 cm³/mol. The molecule has 1 fully saturated rings. The van der Waals surface area contributed by atoms with Gasteiger partial charge in [-0.05, 0) is 34.5 Å². The number of aromatic nitrogens is 2. The minimum Gasteiger partial charge on any atom is -0.497 e. The summed E-state index contributed by atoms with van der Waals surface area (Å²) in [5.41, 5.74) is 2.30. The highest BCUT2D eigenvalue weighted by Crippen LogP contribution is 2.23. The number of benzene rings is 2. The molecule has 0 aliphatic carbocycles. The third kappa shape index (κ3) is 5.04. The Morgan fingerprint density at radius 2 is 2.07 bits per heavy atom. The number of morpholine rings is 1. The fraction of sp³-hybridized carbons (Fsp3) is 0.364. The molecule has 0 amide bonds. The smallest absolute Gasteiger partial charge is 0.194 e. The van der Waals surface area contributed by atoms with Crippen LogP contribution in [0.2, 0.25) is 0 Å². The van der Waals surface area contributed by atoms with Crippen LogP contribution < -0.4 is 10.1 Å². The largest absolute Gasteiger partial charge is 0.497 e. The van der Waals surface area contributed by atoms with Gasteiger partial charge in [-0.1, -0.05) is 18.2 Å². The van der Waals surface area contributed by atoms with Crippen LogP contribution in [-0.4, -0.2) is 54.5 Å². The Kier molecular flexibility index (Phi) is 7.54. The molecule has 160 valence electrons. The van der Waals surface area contributed by atoms with Gasteiger partial charge in [0.05, 0.1) is 26.5 Å². The van der Waals surface area contributed by atoms with E-state index in [4.69, 9.17) is 9.47 Å². The molecule has 3 aromatic rings. The zero-order chi connectivity index (χ0) is 20.2. The molecular formula is C22H28IN5O2. The van der Waals surface area contributed by atoms with Crippen LogP contribution in [0.25, 0.3) is 10.8 Å². The number of fused-ring (bicyclic) bond motifs is 1. The average Bonchev–Trinajstić information content (AvgIpc) is 3.20. The minimum absolute atomic E-state index is 0. The van der Waals surface area contributed by atoms with E-state index in [0.29, 0.717) is 13.2 Å². The summed E-state index contributed by atoms with van der Waals surface area (Å²) in [5.74, 6) is 1.76. The molecule has 1 aromatic heterocycles. The van der Waals surface area contributed by atoms with Gasteiger partial charge in [-0.15, -0.1) is 24.0 Å². The van der Waals surface area contributed by atoms with Crippen molar-refractivity contribution in [2.75, 3.05) is 33.9 Å². The van der Waals surface area contributed by atoms with Crippen molar-refractivity contribution in [3.05, 3.63) is 59.9 Å². The Morgan fingerprint density at radius 3 is 2.80 bits per heavy atom. The molecule has 1 saturated heterocycles. The highest BCUT2D eigenvalue weighted by atomic mass is 127. The molecule has 4 rings (SSSR count). The van der Waals surface area contributed by atoms with Crippen molar-refractivity contribution in [3.63, 3.8) is 0 Å².